The molecule has 0 bridgehead atoms. The molecule has 128 valence electrons. The second-order valence-corrected chi connectivity index (χ2v) is 6.67. The Labute approximate surface area is 156 Å². The van der Waals surface area contributed by atoms with Crippen LogP contribution >= 0.6 is 11.3 Å². The van der Waals surface area contributed by atoms with Crippen LogP contribution in [-0.2, 0) is 6.54 Å². The molecule has 1 N–H and O–H groups in total. The molecule has 0 radical (unpaired) electrons. The van der Waals surface area contributed by atoms with Crippen molar-refractivity contribution in [2.75, 3.05) is 12.4 Å². The zero-order valence-corrected chi connectivity index (χ0v) is 15.1. The minimum atomic E-state index is 0.656. The number of fused-ring (bicyclic) bond motifs is 1. The third-order valence-corrected chi connectivity index (χ3v) is 5.08. The number of aromatic nitrogens is 2. The van der Waals surface area contributed by atoms with E-state index in [1.165, 1.54) is 0 Å². The van der Waals surface area contributed by atoms with Crippen molar-refractivity contribution in [3.63, 3.8) is 0 Å². The monoisotopic (exact) mass is 359 g/mol. The fraction of sp³-hybridized carbons (Fsp3) is 0.0952. The van der Waals surface area contributed by atoms with Crippen molar-refractivity contribution in [2.24, 2.45) is 0 Å². The molecule has 0 amide bonds. The number of hydrogen-bond donors (Lipinski definition) is 1. The standard InChI is InChI=1S/C21H17N3OS/c1-3-16-10-12-26-20(16)19-21(24-11-5-4-9-18(24)23-19)22-14-15-7-6-8-17(13-15)25-2/h1,4-13,22H,14H2,2H3. The van der Waals surface area contributed by atoms with Gasteiger partial charge in [-0.3, -0.25) is 4.40 Å². The molecule has 0 spiro atoms. The summed E-state index contributed by atoms with van der Waals surface area (Å²) in [7, 11) is 1.67. The SMILES string of the molecule is C#Cc1ccsc1-c1nc2ccccn2c1NCc1cccc(OC)c1. The molecule has 0 atom stereocenters. The van der Waals surface area contributed by atoms with E-state index in [4.69, 9.17) is 16.1 Å². The van der Waals surface area contributed by atoms with Crippen molar-refractivity contribution in [3.8, 4) is 28.7 Å². The van der Waals surface area contributed by atoms with Crippen molar-refractivity contribution in [2.45, 2.75) is 6.54 Å². The van der Waals surface area contributed by atoms with Gasteiger partial charge >= 0.3 is 0 Å². The lowest BCUT2D eigenvalue weighted by molar-refractivity contribution is 0.414. The molecule has 0 unspecified atom stereocenters. The van der Waals surface area contributed by atoms with Crippen molar-refractivity contribution < 1.29 is 4.74 Å². The first kappa shape index (κ1) is 16.2. The number of anilines is 1. The van der Waals surface area contributed by atoms with Crippen molar-refractivity contribution in [1.29, 1.82) is 0 Å². The molecule has 1 aromatic carbocycles. The molecule has 4 rings (SSSR count). The first-order chi connectivity index (χ1) is 12.8. The van der Waals surface area contributed by atoms with E-state index in [-0.39, 0.29) is 0 Å². The number of hydrogen-bond acceptors (Lipinski definition) is 4. The maximum atomic E-state index is 5.66. The van der Waals surface area contributed by atoms with Gasteiger partial charge in [-0.15, -0.1) is 17.8 Å². The van der Waals surface area contributed by atoms with Crippen molar-refractivity contribution >= 4 is 22.8 Å². The molecule has 0 fully saturated rings. The Morgan fingerprint density at radius 1 is 1.23 bits per heavy atom. The number of nitrogens with one attached hydrogen (secondary N) is 1. The highest BCUT2D eigenvalue weighted by Gasteiger charge is 2.17. The summed E-state index contributed by atoms with van der Waals surface area (Å²) in [5, 5.41) is 5.53. The quantitative estimate of drug-likeness (QED) is 0.527. The van der Waals surface area contributed by atoms with Gasteiger partial charge in [0.25, 0.3) is 0 Å². The largest absolute Gasteiger partial charge is 0.497 e. The third kappa shape index (κ3) is 2.92. The molecule has 0 aliphatic rings. The lowest BCUT2D eigenvalue weighted by Gasteiger charge is -2.09. The summed E-state index contributed by atoms with van der Waals surface area (Å²) < 4.78 is 7.36. The Hall–Kier alpha value is -3.23. The van der Waals surface area contributed by atoms with E-state index in [1.807, 2.05) is 54.0 Å². The number of imidazole rings is 1. The molecule has 0 saturated carbocycles. The maximum absolute atomic E-state index is 5.66. The highest BCUT2D eigenvalue weighted by molar-refractivity contribution is 7.13. The van der Waals surface area contributed by atoms with Crippen LogP contribution in [0, 0.1) is 12.3 Å². The fourth-order valence-corrected chi connectivity index (χ4v) is 3.75. The molecule has 3 aromatic heterocycles. The van der Waals surface area contributed by atoms with Crippen LogP contribution in [0.3, 0.4) is 0 Å². The summed E-state index contributed by atoms with van der Waals surface area (Å²) in [6.07, 6.45) is 7.66. The average Bonchev–Trinajstić information content (AvgIpc) is 3.30. The molecule has 4 aromatic rings. The van der Waals surface area contributed by atoms with Crippen LogP contribution in [-0.4, -0.2) is 16.5 Å². The summed E-state index contributed by atoms with van der Waals surface area (Å²) in [6.45, 7) is 0.656. The van der Waals surface area contributed by atoms with E-state index in [0.29, 0.717) is 6.54 Å². The Kier molecular flexibility index (Phi) is 4.34. The van der Waals surface area contributed by atoms with Crippen molar-refractivity contribution in [1.82, 2.24) is 9.38 Å². The number of rotatable bonds is 5. The van der Waals surface area contributed by atoms with Crippen LogP contribution < -0.4 is 10.1 Å². The lowest BCUT2D eigenvalue weighted by atomic mass is 10.2. The van der Waals surface area contributed by atoms with E-state index in [1.54, 1.807) is 18.4 Å². The Balaban J connectivity index is 1.75. The topological polar surface area (TPSA) is 38.6 Å². The van der Waals surface area contributed by atoms with Gasteiger partial charge in [-0.05, 0) is 41.3 Å². The van der Waals surface area contributed by atoms with E-state index in [2.05, 4.69) is 21.7 Å². The summed E-state index contributed by atoms with van der Waals surface area (Å²) in [5.74, 6) is 4.53. The molecule has 0 aliphatic carbocycles. The third-order valence-electron chi connectivity index (χ3n) is 4.16. The minimum Gasteiger partial charge on any atom is -0.497 e. The number of benzene rings is 1. The smallest absolute Gasteiger partial charge is 0.139 e. The number of terminal acetylenes is 1. The summed E-state index contributed by atoms with van der Waals surface area (Å²) in [4.78, 5) is 5.80. The fourth-order valence-electron chi connectivity index (χ4n) is 2.90. The van der Waals surface area contributed by atoms with Gasteiger partial charge in [0.2, 0.25) is 0 Å². The first-order valence-electron chi connectivity index (χ1n) is 8.18. The van der Waals surface area contributed by atoms with Gasteiger partial charge in [0.1, 0.15) is 22.9 Å². The van der Waals surface area contributed by atoms with Gasteiger partial charge in [0.05, 0.1) is 12.0 Å². The zero-order valence-electron chi connectivity index (χ0n) is 14.3. The minimum absolute atomic E-state index is 0.656. The van der Waals surface area contributed by atoms with Crippen LogP contribution in [0.25, 0.3) is 16.2 Å². The average molecular weight is 359 g/mol. The molecular formula is C21H17N3OS. The van der Waals surface area contributed by atoms with Gasteiger partial charge in [-0.25, -0.2) is 4.98 Å². The number of nitrogens with zero attached hydrogens (tertiary/aromatic N) is 2. The lowest BCUT2D eigenvalue weighted by Crippen LogP contribution is -2.03. The van der Waals surface area contributed by atoms with Crippen LogP contribution in [0.1, 0.15) is 11.1 Å². The van der Waals surface area contributed by atoms with Crippen LogP contribution in [0.4, 0.5) is 5.82 Å². The molecule has 26 heavy (non-hydrogen) atoms. The summed E-state index contributed by atoms with van der Waals surface area (Å²) in [6, 6.07) is 15.9. The number of thiophene rings is 1. The number of methoxy groups -OCH3 is 1. The van der Waals surface area contributed by atoms with Gasteiger partial charge in [-0.1, -0.05) is 24.1 Å². The van der Waals surface area contributed by atoms with Crippen LogP contribution in [0.15, 0.2) is 60.1 Å². The summed E-state index contributed by atoms with van der Waals surface area (Å²) >= 11 is 1.61. The Morgan fingerprint density at radius 3 is 3.00 bits per heavy atom. The highest BCUT2D eigenvalue weighted by Crippen LogP contribution is 2.35. The molecular weight excluding hydrogens is 342 g/mol. The zero-order chi connectivity index (χ0) is 17.9. The van der Waals surface area contributed by atoms with E-state index in [9.17, 15) is 0 Å². The van der Waals surface area contributed by atoms with Gasteiger partial charge < -0.3 is 10.1 Å². The molecule has 5 heteroatoms. The van der Waals surface area contributed by atoms with E-state index < -0.39 is 0 Å². The van der Waals surface area contributed by atoms with E-state index >= 15 is 0 Å². The predicted octanol–water partition coefficient (Wildman–Crippen LogP) is 4.66. The normalized spacial score (nSPS) is 10.6. The molecule has 0 aliphatic heterocycles. The Bertz CT molecular complexity index is 1100. The van der Waals surface area contributed by atoms with Gasteiger partial charge in [0.15, 0.2) is 0 Å². The number of pyridine rings is 1. The predicted molar refractivity (Wildman–Crippen MR) is 107 cm³/mol. The van der Waals surface area contributed by atoms with Gasteiger partial charge in [-0.2, -0.15) is 0 Å². The molecule has 4 nitrogen and oxygen atoms in total. The second kappa shape index (κ2) is 6.95. The Morgan fingerprint density at radius 2 is 2.15 bits per heavy atom. The first-order valence-corrected chi connectivity index (χ1v) is 9.06. The highest BCUT2D eigenvalue weighted by atomic mass is 32.1. The maximum Gasteiger partial charge on any atom is 0.139 e. The summed E-state index contributed by atoms with van der Waals surface area (Å²) in [5.41, 5.74) is 3.75. The molecule has 3 heterocycles. The van der Waals surface area contributed by atoms with E-state index in [0.717, 1.165) is 38.9 Å². The van der Waals surface area contributed by atoms with Crippen molar-refractivity contribution in [3.05, 3.63) is 71.2 Å². The van der Waals surface area contributed by atoms with Crippen LogP contribution in [0.2, 0.25) is 0 Å². The van der Waals surface area contributed by atoms with Gasteiger partial charge in [0, 0.05) is 18.3 Å². The number of ether oxygens (including phenoxy) is 1. The molecule has 0 saturated heterocycles. The van der Waals surface area contributed by atoms with Crippen LogP contribution in [0.5, 0.6) is 5.75 Å². The second-order valence-electron chi connectivity index (χ2n) is 5.75.